The molecule has 0 atom stereocenters. The molecule has 0 fully saturated rings. The number of aryl methyl sites for hydroxylation is 1. The molecular formula is C21H18F3N3O3. The number of benzene rings is 2. The van der Waals surface area contributed by atoms with Crippen molar-refractivity contribution >= 4 is 5.91 Å². The molecule has 30 heavy (non-hydrogen) atoms. The molecule has 1 aliphatic rings. The average molecular weight is 417 g/mol. The topological polar surface area (TPSA) is 65.4 Å². The minimum Gasteiger partial charge on any atom is -0.454 e. The van der Waals surface area contributed by atoms with E-state index in [0.29, 0.717) is 36.6 Å². The molecule has 4 rings (SSSR count). The summed E-state index contributed by atoms with van der Waals surface area (Å²) in [7, 11) is 0. The van der Waals surface area contributed by atoms with Gasteiger partial charge in [-0.1, -0.05) is 18.2 Å². The zero-order valence-corrected chi connectivity index (χ0v) is 15.8. The monoisotopic (exact) mass is 417 g/mol. The van der Waals surface area contributed by atoms with E-state index in [1.807, 2.05) is 18.2 Å². The molecule has 0 aliphatic carbocycles. The van der Waals surface area contributed by atoms with Crippen molar-refractivity contribution < 1.29 is 27.4 Å². The number of hydrogen-bond acceptors (Lipinski definition) is 4. The molecule has 1 amide bonds. The summed E-state index contributed by atoms with van der Waals surface area (Å²) in [5.74, 6) is 1.29. The Bertz CT molecular complexity index is 1050. The van der Waals surface area contributed by atoms with Crippen molar-refractivity contribution in [1.29, 1.82) is 0 Å². The summed E-state index contributed by atoms with van der Waals surface area (Å²) in [4.78, 5) is 12.1. The molecule has 1 aliphatic heterocycles. The van der Waals surface area contributed by atoms with Gasteiger partial charge in [-0.2, -0.15) is 18.3 Å². The second kappa shape index (κ2) is 8.10. The van der Waals surface area contributed by atoms with Gasteiger partial charge < -0.3 is 14.8 Å². The van der Waals surface area contributed by atoms with Gasteiger partial charge in [-0.25, -0.2) is 4.68 Å². The van der Waals surface area contributed by atoms with Crippen LogP contribution in [0.4, 0.5) is 13.2 Å². The lowest BCUT2D eigenvalue weighted by Crippen LogP contribution is -2.23. The van der Waals surface area contributed by atoms with Crippen LogP contribution >= 0.6 is 0 Å². The van der Waals surface area contributed by atoms with E-state index in [1.165, 1.54) is 6.20 Å². The average Bonchev–Trinajstić information content (AvgIpc) is 3.40. The maximum atomic E-state index is 12.7. The largest absolute Gasteiger partial charge is 0.454 e. The molecule has 3 aromatic rings. The smallest absolute Gasteiger partial charge is 0.435 e. The fourth-order valence-corrected chi connectivity index (χ4v) is 3.03. The molecule has 6 nitrogen and oxygen atoms in total. The third kappa shape index (κ3) is 4.56. The Morgan fingerprint density at radius 2 is 1.77 bits per heavy atom. The van der Waals surface area contributed by atoms with Crippen LogP contribution in [-0.4, -0.2) is 22.5 Å². The predicted molar refractivity (Wildman–Crippen MR) is 101 cm³/mol. The quantitative estimate of drug-likeness (QED) is 0.661. The fourth-order valence-electron chi connectivity index (χ4n) is 3.03. The molecular weight excluding hydrogens is 399 g/mol. The molecule has 0 bridgehead atoms. The van der Waals surface area contributed by atoms with Gasteiger partial charge in [0.05, 0.1) is 5.69 Å². The van der Waals surface area contributed by atoms with Gasteiger partial charge in [-0.05, 0) is 47.9 Å². The van der Waals surface area contributed by atoms with Gasteiger partial charge in [0, 0.05) is 19.2 Å². The third-order valence-corrected chi connectivity index (χ3v) is 4.65. The molecule has 0 radical (unpaired) electrons. The SMILES string of the molecule is O=C(CCc1ccc2c(c1)OCO2)NCc1ccc(-n2ccc(C(F)(F)F)n2)cc1. The van der Waals surface area contributed by atoms with E-state index < -0.39 is 11.9 Å². The first-order chi connectivity index (χ1) is 14.4. The van der Waals surface area contributed by atoms with Crippen LogP contribution in [-0.2, 0) is 23.9 Å². The molecule has 1 N–H and O–H groups in total. The summed E-state index contributed by atoms with van der Waals surface area (Å²) < 4.78 is 49.7. The van der Waals surface area contributed by atoms with E-state index in [0.717, 1.165) is 21.9 Å². The van der Waals surface area contributed by atoms with Crippen LogP contribution in [0.15, 0.2) is 54.7 Å². The van der Waals surface area contributed by atoms with Gasteiger partial charge in [0.2, 0.25) is 12.7 Å². The minimum atomic E-state index is -4.48. The number of alkyl halides is 3. The second-order valence-electron chi connectivity index (χ2n) is 6.77. The van der Waals surface area contributed by atoms with Crippen LogP contribution < -0.4 is 14.8 Å². The number of carbonyl (C=O) groups is 1. The zero-order chi connectivity index (χ0) is 21.1. The number of nitrogens with one attached hydrogen (secondary N) is 1. The van der Waals surface area contributed by atoms with E-state index in [4.69, 9.17) is 9.47 Å². The van der Waals surface area contributed by atoms with Gasteiger partial charge in [-0.15, -0.1) is 0 Å². The number of halogens is 3. The highest BCUT2D eigenvalue weighted by molar-refractivity contribution is 5.76. The summed E-state index contributed by atoms with van der Waals surface area (Å²) in [6.07, 6.45) is -2.32. The van der Waals surface area contributed by atoms with Gasteiger partial charge in [0.1, 0.15) is 0 Å². The Kier molecular flexibility index (Phi) is 5.35. The van der Waals surface area contributed by atoms with Gasteiger partial charge in [0.15, 0.2) is 17.2 Å². The van der Waals surface area contributed by atoms with Crippen LogP contribution in [0, 0.1) is 0 Å². The Balaban J connectivity index is 1.27. The molecule has 2 heterocycles. The van der Waals surface area contributed by atoms with Crippen molar-refractivity contribution in [3.8, 4) is 17.2 Å². The van der Waals surface area contributed by atoms with Crippen LogP contribution in [0.25, 0.3) is 5.69 Å². The highest BCUT2D eigenvalue weighted by Crippen LogP contribution is 2.32. The van der Waals surface area contributed by atoms with Gasteiger partial charge in [0.25, 0.3) is 0 Å². The normalized spacial score (nSPS) is 12.8. The number of nitrogens with zero attached hydrogens (tertiary/aromatic N) is 2. The summed E-state index contributed by atoms with van der Waals surface area (Å²) in [6, 6.07) is 13.3. The van der Waals surface area contributed by atoms with E-state index >= 15 is 0 Å². The first kappa shape index (κ1) is 19.8. The molecule has 156 valence electrons. The van der Waals surface area contributed by atoms with E-state index in [-0.39, 0.29) is 12.7 Å². The molecule has 0 saturated carbocycles. The lowest BCUT2D eigenvalue weighted by molar-refractivity contribution is -0.141. The molecule has 0 saturated heterocycles. The van der Waals surface area contributed by atoms with Crippen molar-refractivity contribution in [3.63, 3.8) is 0 Å². The highest BCUT2D eigenvalue weighted by Gasteiger charge is 2.33. The number of aromatic nitrogens is 2. The number of rotatable bonds is 6. The maximum Gasteiger partial charge on any atom is 0.435 e. The van der Waals surface area contributed by atoms with Crippen LogP contribution in [0.5, 0.6) is 11.5 Å². The fraction of sp³-hybridized carbons (Fsp3) is 0.238. The Morgan fingerprint density at radius 3 is 2.50 bits per heavy atom. The van der Waals surface area contributed by atoms with Gasteiger partial charge >= 0.3 is 6.18 Å². The van der Waals surface area contributed by atoms with Crippen molar-refractivity contribution in [2.45, 2.75) is 25.6 Å². The molecule has 9 heteroatoms. The van der Waals surface area contributed by atoms with E-state index in [1.54, 1.807) is 24.3 Å². The Labute approximate surface area is 170 Å². The first-order valence-electron chi connectivity index (χ1n) is 9.26. The van der Waals surface area contributed by atoms with E-state index in [2.05, 4.69) is 10.4 Å². The van der Waals surface area contributed by atoms with Crippen LogP contribution in [0.1, 0.15) is 23.2 Å². The van der Waals surface area contributed by atoms with Crippen molar-refractivity contribution in [2.24, 2.45) is 0 Å². The number of fused-ring (bicyclic) bond motifs is 1. The molecule has 0 spiro atoms. The summed E-state index contributed by atoms with van der Waals surface area (Å²) >= 11 is 0. The molecule has 0 unspecified atom stereocenters. The minimum absolute atomic E-state index is 0.0985. The van der Waals surface area contributed by atoms with Crippen molar-refractivity contribution in [3.05, 3.63) is 71.5 Å². The van der Waals surface area contributed by atoms with E-state index in [9.17, 15) is 18.0 Å². The maximum absolute atomic E-state index is 12.7. The van der Waals surface area contributed by atoms with Crippen LogP contribution in [0.2, 0.25) is 0 Å². The Morgan fingerprint density at radius 1 is 1.03 bits per heavy atom. The van der Waals surface area contributed by atoms with Crippen molar-refractivity contribution in [1.82, 2.24) is 15.1 Å². The van der Waals surface area contributed by atoms with Crippen molar-refractivity contribution in [2.75, 3.05) is 6.79 Å². The number of hydrogen-bond donors (Lipinski definition) is 1. The second-order valence-corrected chi connectivity index (χ2v) is 6.77. The first-order valence-corrected chi connectivity index (χ1v) is 9.26. The third-order valence-electron chi connectivity index (χ3n) is 4.65. The van der Waals surface area contributed by atoms with Crippen LogP contribution in [0.3, 0.4) is 0 Å². The zero-order valence-electron chi connectivity index (χ0n) is 15.8. The number of carbonyl (C=O) groups excluding carboxylic acids is 1. The standard InChI is InChI=1S/C21H18F3N3O3/c22-21(23,24)19-9-10-27(26-19)16-5-1-15(2-6-16)12-25-20(28)8-4-14-3-7-17-18(11-14)30-13-29-17/h1-3,5-7,9-11H,4,8,12-13H2,(H,25,28). The Hall–Kier alpha value is -3.49. The number of ether oxygens (including phenoxy) is 2. The molecule has 1 aromatic heterocycles. The summed E-state index contributed by atoms with van der Waals surface area (Å²) in [6.45, 7) is 0.537. The summed E-state index contributed by atoms with van der Waals surface area (Å²) in [5.41, 5.74) is 1.37. The van der Waals surface area contributed by atoms with Gasteiger partial charge in [-0.3, -0.25) is 4.79 Å². The highest BCUT2D eigenvalue weighted by atomic mass is 19.4. The molecule has 2 aromatic carbocycles. The lowest BCUT2D eigenvalue weighted by Gasteiger charge is -2.08. The predicted octanol–water partition coefficient (Wildman–Crippen LogP) is 3.87. The number of amides is 1. The summed E-state index contributed by atoms with van der Waals surface area (Å²) in [5, 5.41) is 6.37. The lowest BCUT2D eigenvalue weighted by atomic mass is 10.1.